The second-order valence-electron chi connectivity index (χ2n) is 8.25. The highest BCUT2D eigenvalue weighted by molar-refractivity contribution is 5.85. The van der Waals surface area contributed by atoms with Crippen LogP contribution in [0.4, 0.5) is 5.82 Å². The first kappa shape index (κ1) is 22.7. The summed E-state index contributed by atoms with van der Waals surface area (Å²) >= 11 is 0. The molecule has 1 atom stereocenters. The van der Waals surface area contributed by atoms with Crippen LogP contribution in [-0.2, 0) is 16.1 Å². The molecule has 0 bridgehead atoms. The maximum Gasteiger partial charge on any atom is 0.329 e. The van der Waals surface area contributed by atoms with Crippen LogP contribution in [0.15, 0.2) is 54.6 Å². The van der Waals surface area contributed by atoms with E-state index in [4.69, 9.17) is 14.7 Å². The molecule has 0 aliphatic carbocycles. The Labute approximate surface area is 194 Å². The van der Waals surface area contributed by atoms with Crippen molar-refractivity contribution >= 4 is 22.8 Å². The van der Waals surface area contributed by atoms with Crippen molar-refractivity contribution in [2.75, 3.05) is 37.7 Å². The number of fused-ring (bicyclic) bond motifs is 1. The predicted octanol–water partition coefficient (Wildman–Crippen LogP) is 3.90. The van der Waals surface area contributed by atoms with E-state index in [-0.39, 0.29) is 0 Å². The summed E-state index contributed by atoms with van der Waals surface area (Å²) in [5.74, 6) is -1.05. The van der Waals surface area contributed by atoms with Gasteiger partial charge in [-0.15, -0.1) is 0 Å². The largest absolute Gasteiger partial charge is 0.464 e. The van der Waals surface area contributed by atoms with Crippen LogP contribution < -0.4 is 4.90 Å². The molecule has 2 heterocycles. The molecule has 3 aromatic rings. The standard InChI is InChI=1S/C26H29N5O2/c1-2-3-17-33-26(32)21(18-27)24-25(29-23-12-8-7-11-22(23)28-24)31-15-13-30(14-16-31)19-20-9-5-4-6-10-20/h4-12,21H,2-3,13-17,19H2,1H3/t21-/m1/s1. The van der Waals surface area contributed by atoms with E-state index >= 15 is 0 Å². The Hall–Kier alpha value is -3.50. The maximum atomic E-state index is 12.7. The first-order valence-corrected chi connectivity index (χ1v) is 11.5. The van der Waals surface area contributed by atoms with Gasteiger partial charge < -0.3 is 9.64 Å². The van der Waals surface area contributed by atoms with Crippen molar-refractivity contribution < 1.29 is 9.53 Å². The van der Waals surface area contributed by atoms with Crippen LogP contribution >= 0.6 is 0 Å². The van der Waals surface area contributed by atoms with Crippen molar-refractivity contribution in [3.05, 3.63) is 65.9 Å². The highest BCUT2D eigenvalue weighted by Crippen LogP contribution is 2.29. The van der Waals surface area contributed by atoms with E-state index in [2.05, 4.69) is 40.1 Å². The number of anilines is 1. The van der Waals surface area contributed by atoms with E-state index in [9.17, 15) is 10.1 Å². The van der Waals surface area contributed by atoms with E-state index in [1.54, 1.807) is 0 Å². The van der Waals surface area contributed by atoms with Crippen LogP contribution in [0.25, 0.3) is 11.0 Å². The zero-order valence-electron chi connectivity index (χ0n) is 19.0. The second-order valence-corrected chi connectivity index (χ2v) is 8.25. The number of benzene rings is 2. The molecule has 2 aromatic carbocycles. The number of carbonyl (C=O) groups is 1. The molecule has 33 heavy (non-hydrogen) atoms. The number of para-hydroxylation sites is 2. The molecule has 0 N–H and O–H groups in total. The highest BCUT2D eigenvalue weighted by Gasteiger charge is 2.31. The fourth-order valence-electron chi connectivity index (χ4n) is 4.02. The molecule has 7 heteroatoms. The normalized spacial score (nSPS) is 15.2. The second kappa shape index (κ2) is 10.9. The van der Waals surface area contributed by atoms with E-state index in [1.807, 2.05) is 37.3 Å². The lowest BCUT2D eigenvalue weighted by molar-refractivity contribution is -0.144. The zero-order chi connectivity index (χ0) is 23.0. The van der Waals surface area contributed by atoms with Crippen molar-refractivity contribution in [1.82, 2.24) is 14.9 Å². The van der Waals surface area contributed by atoms with Crippen molar-refractivity contribution in [2.24, 2.45) is 0 Å². The molecule has 4 rings (SSSR count). The van der Waals surface area contributed by atoms with E-state index in [0.29, 0.717) is 23.6 Å². The van der Waals surface area contributed by atoms with Gasteiger partial charge in [0.15, 0.2) is 11.7 Å². The molecule has 0 radical (unpaired) electrons. The molecule has 1 aliphatic rings. The number of esters is 1. The van der Waals surface area contributed by atoms with E-state index in [0.717, 1.165) is 51.1 Å². The summed E-state index contributed by atoms with van der Waals surface area (Å²) in [6.45, 7) is 6.45. The third-order valence-corrected chi connectivity index (χ3v) is 5.88. The third-order valence-electron chi connectivity index (χ3n) is 5.88. The fourth-order valence-corrected chi connectivity index (χ4v) is 4.02. The first-order valence-electron chi connectivity index (χ1n) is 11.5. The number of nitriles is 1. The minimum atomic E-state index is -1.10. The van der Waals surface area contributed by atoms with Gasteiger partial charge in [-0.1, -0.05) is 55.8 Å². The topological polar surface area (TPSA) is 82.3 Å². The lowest BCUT2D eigenvalue weighted by Gasteiger charge is -2.36. The monoisotopic (exact) mass is 443 g/mol. The van der Waals surface area contributed by atoms with Gasteiger partial charge in [-0.3, -0.25) is 9.69 Å². The summed E-state index contributed by atoms with van der Waals surface area (Å²) in [4.78, 5) is 26.8. The zero-order valence-corrected chi connectivity index (χ0v) is 19.0. The molecule has 170 valence electrons. The Kier molecular flexibility index (Phi) is 7.48. The van der Waals surface area contributed by atoms with Gasteiger partial charge in [0.1, 0.15) is 5.69 Å². The summed E-state index contributed by atoms with van der Waals surface area (Å²) in [6, 6.07) is 20.1. The maximum absolute atomic E-state index is 12.7. The van der Waals surface area contributed by atoms with E-state index < -0.39 is 11.9 Å². The summed E-state index contributed by atoms with van der Waals surface area (Å²) in [5, 5.41) is 9.86. The minimum absolute atomic E-state index is 0.308. The Balaban J connectivity index is 1.57. The van der Waals surface area contributed by atoms with Gasteiger partial charge in [0.05, 0.1) is 23.7 Å². The Morgan fingerprint density at radius 3 is 2.36 bits per heavy atom. The third kappa shape index (κ3) is 5.47. The van der Waals surface area contributed by atoms with Crippen molar-refractivity contribution in [3.8, 4) is 6.07 Å². The molecule has 0 amide bonds. The molecule has 1 fully saturated rings. The molecule has 0 unspecified atom stereocenters. The number of carbonyl (C=O) groups excluding carboxylic acids is 1. The quantitative estimate of drug-likeness (QED) is 0.386. The SMILES string of the molecule is CCCCOC(=O)[C@H](C#N)c1nc2ccccc2nc1N1CCN(Cc2ccccc2)CC1. The van der Waals surface area contributed by atoms with Crippen molar-refractivity contribution in [1.29, 1.82) is 5.26 Å². The first-order chi connectivity index (χ1) is 16.2. The Morgan fingerprint density at radius 2 is 1.70 bits per heavy atom. The average Bonchev–Trinajstić information content (AvgIpc) is 2.85. The Morgan fingerprint density at radius 1 is 1.03 bits per heavy atom. The number of rotatable bonds is 8. The summed E-state index contributed by atoms with van der Waals surface area (Å²) in [7, 11) is 0. The fraction of sp³-hybridized carbons (Fsp3) is 0.385. The number of aromatic nitrogens is 2. The van der Waals surface area contributed by atoms with Crippen LogP contribution in [0.2, 0.25) is 0 Å². The van der Waals surface area contributed by atoms with Crippen LogP contribution in [0.1, 0.15) is 36.9 Å². The molecule has 7 nitrogen and oxygen atoms in total. The molecule has 0 saturated carbocycles. The lowest BCUT2D eigenvalue weighted by Crippen LogP contribution is -2.46. The number of nitrogens with zero attached hydrogens (tertiary/aromatic N) is 5. The van der Waals surface area contributed by atoms with Gasteiger partial charge in [0.2, 0.25) is 0 Å². The highest BCUT2D eigenvalue weighted by atomic mass is 16.5. The van der Waals surface area contributed by atoms with Gasteiger partial charge >= 0.3 is 5.97 Å². The minimum Gasteiger partial charge on any atom is -0.464 e. The lowest BCUT2D eigenvalue weighted by atomic mass is 10.1. The Bertz CT molecular complexity index is 1120. The summed E-state index contributed by atoms with van der Waals surface area (Å²) in [6.07, 6.45) is 1.68. The predicted molar refractivity (Wildman–Crippen MR) is 128 cm³/mol. The van der Waals surface area contributed by atoms with Gasteiger partial charge in [0, 0.05) is 32.7 Å². The number of piperazine rings is 1. The van der Waals surface area contributed by atoms with Gasteiger partial charge in [-0.2, -0.15) is 5.26 Å². The number of hydrogen-bond acceptors (Lipinski definition) is 7. The van der Waals surface area contributed by atoms with Crippen LogP contribution in [0.3, 0.4) is 0 Å². The molecular formula is C26H29N5O2. The van der Waals surface area contributed by atoms with Gasteiger partial charge in [0.25, 0.3) is 0 Å². The van der Waals surface area contributed by atoms with Gasteiger partial charge in [-0.05, 0) is 24.1 Å². The van der Waals surface area contributed by atoms with Crippen LogP contribution in [-0.4, -0.2) is 53.6 Å². The van der Waals surface area contributed by atoms with Crippen LogP contribution in [0.5, 0.6) is 0 Å². The summed E-state index contributed by atoms with van der Waals surface area (Å²) < 4.78 is 5.37. The van der Waals surface area contributed by atoms with E-state index in [1.165, 1.54) is 5.56 Å². The smallest absolute Gasteiger partial charge is 0.329 e. The van der Waals surface area contributed by atoms with Crippen LogP contribution in [0, 0.1) is 11.3 Å². The number of hydrogen-bond donors (Lipinski definition) is 0. The molecule has 1 saturated heterocycles. The van der Waals surface area contributed by atoms with Crippen molar-refractivity contribution in [2.45, 2.75) is 32.2 Å². The number of unbranched alkanes of at least 4 members (excludes halogenated alkanes) is 1. The molecular weight excluding hydrogens is 414 g/mol. The van der Waals surface area contributed by atoms with Crippen molar-refractivity contribution in [3.63, 3.8) is 0 Å². The number of ether oxygens (including phenoxy) is 1. The molecule has 0 spiro atoms. The molecule has 1 aromatic heterocycles. The average molecular weight is 444 g/mol. The van der Waals surface area contributed by atoms with Gasteiger partial charge in [-0.25, -0.2) is 9.97 Å². The molecule has 1 aliphatic heterocycles. The summed E-state index contributed by atoms with van der Waals surface area (Å²) in [5.41, 5.74) is 3.09.